The molecule has 6 aromatic carbocycles. The molecule has 0 N–H and O–H groups in total. The second-order valence-corrected chi connectivity index (χ2v) is 11.3. The van der Waals surface area contributed by atoms with Crippen LogP contribution in [0.25, 0.3) is 88.6 Å². The molecule has 0 aliphatic rings. The van der Waals surface area contributed by atoms with Crippen molar-refractivity contribution in [1.82, 2.24) is 24.9 Å². The number of fused-ring (bicyclic) bond motifs is 8. The zero-order valence-corrected chi connectivity index (χ0v) is 24.7. The van der Waals surface area contributed by atoms with Gasteiger partial charge < -0.3 is 0 Å². The summed E-state index contributed by atoms with van der Waals surface area (Å²) in [4.78, 5) is 24.6. The van der Waals surface area contributed by atoms with Gasteiger partial charge in [0.1, 0.15) is 0 Å². The molecule has 9 aromatic rings. The Kier molecular flexibility index (Phi) is 6.06. The van der Waals surface area contributed by atoms with Gasteiger partial charge in [0, 0.05) is 50.8 Å². The van der Waals surface area contributed by atoms with Crippen LogP contribution in [0, 0.1) is 0 Å². The van der Waals surface area contributed by atoms with Crippen LogP contribution in [0.5, 0.6) is 0 Å². The molecule has 214 valence electrons. The average molecular weight is 588 g/mol. The molecule has 0 atom stereocenters. The van der Waals surface area contributed by atoms with Gasteiger partial charge in [0.15, 0.2) is 17.5 Å². The largest absolute Gasteiger partial charge is 0.264 e. The van der Waals surface area contributed by atoms with Crippen LogP contribution in [0.3, 0.4) is 0 Å². The summed E-state index contributed by atoms with van der Waals surface area (Å²) in [6.07, 6.45) is 3.80. The van der Waals surface area contributed by atoms with Crippen LogP contribution >= 0.6 is 0 Å². The Hall–Kier alpha value is -6.33. The Morgan fingerprint density at radius 3 is 1.39 bits per heavy atom. The minimum absolute atomic E-state index is 0.620. The number of rotatable bonds is 4. The van der Waals surface area contributed by atoms with Crippen LogP contribution in [0.1, 0.15) is 0 Å². The van der Waals surface area contributed by atoms with Gasteiger partial charge in [-0.3, -0.25) is 4.98 Å². The van der Waals surface area contributed by atoms with Gasteiger partial charge in [-0.1, -0.05) is 133 Å². The SMILES string of the molecule is c1ccc(-c2nc(-c3ccccc3)nc(-c3ccc(-c4nc5c6ccccc6c6ccccc6c5c5ccncc45)cc3)n2)cc1. The topological polar surface area (TPSA) is 64.5 Å². The van der Waals surface area contributed by atoms with Crippen molar-refractivity contribution in [2.24, 2.45) is 0 Å². The molecule has 0 spiro atoms. The van der Waals surface area contributed by atoms with E-state index in [2.05, 4.69) is 83.8 Å². The van der Waals surface area contributed by atoms with Gasteiger partial charge in [0.05, 0.1) is 11.2 Å². The summed E-state index contributed by atoms with van der Waals surface area (Å²) >= 11 is 0. The molecule has 0 aliphatic carbocycles. The Bertz CT molecular complexity index is 2510. The van der Waals surface area contributed by atoms with Gasteiger partial charge in [-0.15, -0.1) is 0 Å². The standard InChI is InChI=1S/C41H25N5/c1-3-11-27(12-4-1)39-44-40(28-13-5-2-6-14-28)46-41(45-39)29-21-19-26(20-22-29)37-35-25-42-24-23-33(35)36-32-17-9-7-15-30(32)31-16-8-10-18-34(31)38(36)43-37/h1-25H. The predicted molar refractivity (Wildman–Crippen MR) is 187 cm³/mol. The van der Waals surface area contributed by atoms with Crippen molar-refractivity contribution in [3.8, 4) is 45.4 Å². The van der Waals surface area contributed by atoms with E-state index in [1.54, 1.807) is 0 Å². The second kappa shape index (κ2) is 10.7. The second-order valence-electron chi connectivity index (χ2n) is 11.3. The smallest absolute Gasteiger partial charge is 0.164 e. The lowest BCUT2D eigenvalue weighted by Crippen LogP contribution is -2.00. The number of nitrogens with zero attached hydrogens (tertiary/aromatic N) is 5. The van der Waals surface area contributed by atoms with Gasteiger partial charge >= 0.3 is 0 Å². The zero-order valence-electron chi connectivity index (χ0n) is 24.7. The molecule has 0 saturated carbocycles. The highest BCUT2D eigenvalue weighted by molar-refractivity contribution is 6.31. The highest BCUT2D eigenvalue weighted by Crippen LogP contribution is 2.40. The van der Waals surface area contributed by atoms with Crippen molar-refractivity contribution < 1.29 is 0 Å². The average Bonchev–Trinajstić information content (AvgIpc) is 3.15. The van der Waals surface area contributed by atoms with Crippen molar-refractivity contribution in [2.75, 3.05) is 0 Å². The van der Waals surface area contributed by atoms with Crippen molar-refractivity contribution in [1.29, 1.82) is 0 Å². The number of aromatic nitrogens is 5. The van der Waals surface area contributed by atoms with E-state index in [9.17, 15) is 0 Å². The van der Waals surface area contributed by atoms with E-state index >= 15 is 0 Å². The first-order valence-electron chi connectivity index (χ1n) is 15.3. The summed E-state index contributed by atoms with van der Waals surface area (Å²) in [7, 11) is 0. The first kappa shape index (κ1) is 26.1. The molecule has 46 heavy (non-hydrogen) atoms. The number of hydrogen-bond acceptors (Lipinski definition) is 5. The summed E-state index contributed by atoms with van der Waals surface area (Å²) < 4.78 is 0. The van der Waals surface area contributed by atoms with Crippen molar-refractivity contribution in [3.63, 3.8) is 0 Å². The number of benzene rings is 6. The third kappa shape index (κ3) is 4.29. The monoisotopic (exact) mass is 587 g/mol. The van der Waals surface area contributed by atoms with Crippen molar-refractivity contribution in [3.05, 3.63) is 152 Å². The minimum Gasteiger partial charge on any atom is -0.264 e. The normalized spacial score (nSPS) is 11.5. The van der Waals surface area contributed by atoms with Crippen LogP contribution in [-0.2, 0) is 0 Å². The van der Waals surface area contributed by atoms with E-state index in [0.29, 0.717) is 17.5 Å². The Morgan fingerprint density at radius 1 is 0.326 bits per heavy atom. The van der Waals surface area contributed by atoms with E-state index in [-0.39, 0.29) is 0 Å². The van der Waals surface area contributed by atoms with Crippen LogP contribution in [-0.4, -0.2) is 24.9 Å². The Labute approximate surface area is 264 Å². The summed E-state index contributed by atoms with van der Waals surface area (Å²) in [5.74, 6) is 1.90. The van der Waals surface area contributed by atoms with E-state index in [4.69, 9.17) is 19.9 Å². The highest BCUT2D eigenvalue weighted by Gasteiger charge is 2.17. The van der Waals surface area contributed by atoms with E-state index in [0.717, 1.165) is 55.0 Å². The molecule has 0 radical (unpaired) electrons. The van der Waals surface area contributed by atoms with Crippen molar-refractivity contribution in [2.45, 2.75) is 0 Å². The van der Waals surface area contributed by atoms with Gasteiger partial charge in [-0.25, -0.2) is 19.9 Å². The van der Waals surface area contributed by atoms with Gasteiger partial charge in [-0.2, -0.15) is 0 Å². The molecule has 0 unspecified atom stereocenters. The fourth-order valence-electron chi connectivity index (χ4n) is 6.42. The summed E-state index contributed by atoms with van der Waals surface area (Å²) in [6, 6.07) is 47.7. The molecule has 0 aliphatic heterocycles. The minimum atomic E-state index is 0.620. The lowest BCUT2D eigenvalue weighted by Gasteiger charge is -2.15. The molecule has 0 fully saturated rings. The zero-order chi connectivity index (χ0) is 30.5. The van der Waals surface area contributed by atoms with Crippen molar-refractivity contribution >= 4 is 43.2 Å². The number of hydrogen-bond donors (Lipinski definition) is 0. The molecule has 3 heterocycles. The first-order valence-corrected chi connectivity index (χ1v) is 15.3. The maximum atomic E-state index is 5.38. The third-order valence-corrected chi connectivity index (χ3v) is 8.59. The molecular formula is C41H25N5. The third-order valence-electron chi connectivity index (χ3n) is 8.59. The number of pyridine rings is 2. The van der Waals surface area contributed by atoms with Gasteiger partial charge in [0.2, 0.25) is 0 Å². The fourth-order valence-corrected chi connectivity index (χ4v) is 6.42. The van der Waals surface area contributed by atoms with E-state index < -0.39 is 0 Å². The lowest BCUT2D eigenvalue weighted by atomic mass is 9.93. The molecule has 5 nitrogen and oxygen atoms in total. The fraction of sp³-hybridized carbons (Fsp3) is 0. The maximum absolute atomic E-state index is 5.38. The van der Waals surface area contributed by atoms with E-state index in [1.165, 1.54) is 16.2 Å². The molecule has 9 rings (SSSR count). The van der Waals surface area contributed by atoms with Crippen LogP contribution < -0.4 is 0 Å². The van der Waals surface area contributed by atoms with Crippen LogP contribution in [0.2, 0.25) is 0 Å². The summed E-state index contributed by atoms with van der Waals surface area (Å²) in [5, 5.41) is 8.06. The maximum Gasteiger partial charge on any atom is 0.164 e. The Morgan fingerprint density at radius 2 is 0.783 bits per heavy atom. The predicted octanol–water partition coefficient (Wildman–Crippen LogP) is 9.94. The summed E-state index contributed by atoms with van der Waals surface area (Å²) in [6.45, 7) is 0. The summed E-state index contributed by atoms with van der Waals surface area (Å²) in [5.41, 5.74) is 5.68. The quantitative estimate of drug-likeness (QED) is 0.192. The molecule has 0 bridgehead atoms. The molecule has 5 heteroatoms. The van der Waals surface area contributed by atoms with Gasteiger partial charge in [-0.05, 0) is 27.6 Å². The Balaban J connectivity index is 1.23. The molecule has 3 aromatic heterocycles. The molecule has 0 saturated heterocycles. The van der Waals surface area contributed by atoms with E-state index in [1.807, 2.05) is 73.1 Å². The highest BCUT2D eigenvalue weighted by atomic mass is 15.0. The van der Waals surface area contributed by atoms with Gasteiger partial charge in [0.25, 0.3) is 0 Å². The van der Waals surface area contributed by atoms with Crippen LogP contribution in [0.4, 0.5) is 0 Å². The molecular weight excluding hydrogens is 562 g/mol. The first-order chi connectivity index (χ1) is 22.8. The van der Waals surface area contributed by atoms with Crippen LogP contribution in [0.15, 0.2) is 152 Å². The molecule has 0 amide bonds. The lowest BCUT2D eigenvalue weighted by molar-refractivity contribution is 1.07.